The van der Waals surface area contributed by atoms with Gasteiger partial charge >= 0.3 is 0 Å². The van der Waals surface area contributed by atoms with Crippen molar-refractivity contribution in [2.45, 2.75) is 39.3 Å². The molecular formula is C24H33N3O2. The number of hydrogen-bond acceptors (Lipinski definition) is 4. The van der Waals surface area contributed by atoms with Gasteiger partial charge in [-0.3, -0.25) is 14.6 Å². The normalized spacial score (nSPS) is 16.8. The summed E-state index contributed by atoms with van der Waals surface area (Å²) in [6, 6.07) is 16.2. The molecule has 1 amide bonds. The Balaban J connectivity index is 1.56. The van der Waals surface area contributed by atoms with Crippen molar-refractivity contribution < 1.29 is 9.53 Å². The summed E-state index contributed by atoms with van der Waals surface area (Å²) in [5.74, 6) is 0.862. The highest BCUT2D eigenvalue weighted by atomic mass is 16.5. The van der Waals surface area contributed by atoms with Crippen molar-refractivity contribution in [3.8, 4) is 5.75 Å². The Morgan fingerprint density at radius 3 is 2.41 bits per heavy atom. The molecule has 1 aliphatic rings. The number of hydrogen-bond donors (Lipinski definition) is 1. The van der Waals surface area contributed by atoms with Crippen LogP contribution in [0.2, 0.25) is 0 Å². The second-order valence-corrected chi connectivity index (χ2v) is 7.79. The van der Waals surface area contributed by atoms with E-state index in [1.54, 1.807) is 7.11 Å². The Labute approximate surface area is 174 Å². The van der Waals surface area contributed by atoms with Crippen molar-refractivity contribution in [3.05, 3.63) is 59.7 Å². The van der Waals surface area contributed by atoms with Crippen molar-refractivity contribution in [3.63, 3.8) is 0 Å². The van der Waals surface area contributed by atoms with E-state index in [2.05, 4.69) is 53.2 Å². The highest BCUT2D eigenvalue weighted by Gasteiger charge is 2.26. The molecule has 0 unspecified atom stereocenters. The number of carbonyl (C=O) groups excluding carboxylic acids is 1. The van der Waals surface area contributed by atoms with E-state index < -0.39 is 0 Å². The molecule has 0 aliphatic carbocycles. The van der Waals surface area contributed by atoms with Gasteiger partial charge in [-0.05, 0) is 56.1 Å². The van der Waals surface area contributed by atoms with Crippen LogP contribution >= 0.6 is 0 Å². The first-order chi connectivity index (χ1) is 14.1. The number of carbonyl (C=O) groups is 1. The molecular weight excluding hydrogens is 362 g/mol. The van der Waals surface area contributed by atoms with Gasteiger partial charge in [0.2, 0.25) is 5.91 Å². The van der Waals surface area contributed by atoms with Crippen molar-refractivity contribution in [1.82, 2.24) is 9.80 Å². The molecule has 0 spiro atoms. The Bertz CT molecular complexity index is 774. The number of nitrogens with zero attached hydrogens (tertiary/aromatic N) is 2. The van der Waals surface area contributed by atoms with Gasteiger partial charge in [0.05, 0.1) is 13.2 Å². The minimum absolute atomic E-state index is 0.0738. The minimum Gasteiger partial charge on any atom is -0.497 e. The van der Waals surface area contributed by atoms with E-state index in [-0.39, 0.29) is 11.9 Å². The third-order valence-electron chi connectivity index (χ3n) is 5.64. The standard InChI is InChI=1S/C24H33N3O2/c1-4-23(24(28)25-21-10-12-22(29-3)13-11-21)27-15-5-14-26(16-17-27)18-20-8-6-19(2)7-9-20/h6-13,23H,4-5,14-18H2,1-3H3,(H,25,28)/t23-/m0/s1. The zero-order valence-corrected chi connectivity index (χ0v) is 17.9. The van der Waals surface area contributed by atoms with Gasteiger partial charge in [-0.15, -0.1) is 0 Å². The van der Waals surface area contributed by atoms with Crippen molar-refractivity contribution in [1.29, 1.82) is 0 Å². The first-order valence-corrected chi connectivity index (χ1v) is 10.6. The quantitative estimate of drug-likeness (QED) is 0.772. The Hall–Kier alpha value is -2.37. The smallest absolute Gasteiger partial charge is 0.241 e. The zero-order valence-electron chi connectivity index (χ0n) is 17.9. The molecule has 2 aromatic rings. The second kappa shape index (κ2) is 10.4. The van der Waals surface area contributed by atoms with E-state index >= 15 is 0 Å². The maximum atomic E-state index is 12.9. The van der Waals surface area contributed by atoms with Crippen LogP contribution in [0, 0.1) is 6.92 Å². The lowest BCUT2D eigenvalue weighted by molar-refractivity contribution is -0.121. The first kappa shape index (κ1) is 21.3. The number of anilines is 1. The van der Waals surface area contributed by atoms with Gasteiger partial charge in [-0.1, -0.05) is 36.8 Å². The SMILES string of the molecule is CC[C@@H](C(=O)Nc1ccc(OC)cc1)N1CCCN(Cc2ccc(C)cc2)CC1. The number of methoxy groups -OCH3 is 1. The molecule has 0 aromatic heterocycles. The molecule has 156 valence electrons. The molecule has 0 bridgehead atoms. The van der Waals surface area contributed by atoms with E-state index in [0.29, 0.717) is 0 Å². The minimum atomic E-state index is -0.101. The second-order valence-electron chi connectivity index (χ2n) is 7.79. The zero-order chi connectivity index (χ0) is 20.6. The number of amides is 1. The summed E-state index contributed by atoms with van der Waals surface area (Å²) in [5, 5.41) is 3.07. The average Bonchev–Trinajstić information content (AvgIpc) is 2.96. The van der Waals surface area contributed by atoms with Crippen molar-refractivity contribution in [2.24, 2.45) is 0 Å². The predicted molar refractivity (Wildman–Crippen MR) is 118 cm³/mol. The Morgan fingerprint density at radius 2 is 1.76 bits per heavy atom. The third kappa shape index (κ3) is 6.05. The van der Waals surface area contributed by atoms with E-state index in [1.807, 2.05) is 24.3 Å². The summed E-state index contributed by atoms with van der Waals surface area (Å²) in [5.41, 5.74) is 3.46. The molecule has 0 radical (unpaired) electrons. The number of rotatable bonds is 7. The number of aryl methyl sites for hydroxylation is 1. The van der Waals surface area contributed by atoms with Crippen LogP contribution in [0.3, 0.4) is 0 Å². The van der Waals surface area contributed by atoms with Gasteiger partial charge in [-0.25, -0.2) is 0 Å². The lowest BCUT2D eigenvalue weighted by Gasteiger charge is -2.29. The van der Waals surface area contributed by atoms with Gasteiger partial charge in [0.15, 0.2) is 0 Å². The summed E-state index contributed by atoms with van der Waals surface area (Å²) >= 11 is 0. The molecule has 0 saturated carbocycles. The van der Waals surface area contributed by atoms with Crippen LogP contribution < -0.4 is 10.1 Å². The van der Waals surface area contributed by atoms with Crippen LogP contribution in [0.1, 0.15) is 30.9 Å². The lowest BCUT2D eigenvalue weighted by atomic mass is 10.1. The number of nitrogens with one attached hydrogen (secondary N) is 1. The maximum absolute atomic E-state index is 12.9. The van der Waals surface area contributed by atoms with Crippen LogP contribution in [0.4, 0.5) is 5.69 Å². The van der Waals surface area contributed by atoms with Crippen LogP contribution in [-0.2, 0) is 11.3 Å². The molecule has 1 saturated heterocycles. The van der Waals surface area contributed by atoms with Crippen LogP contribution in [0.25, 0.3) is 0 Å². The highest BCUT2D eigenvalue weighted by Crippen LogP contribution is 2.18. The molecule has 1 N–H and O–H groups in total. The van der Waals surface area contributed by atoms with Crippen LogP contribution in [0.5, 0.6) is 5.75 Å². The molecule has 5 heteroatoms. The summed E-state index contributed by atoms with van der Waals surface area (Å²) in [6.45, 7) is 9.12. The first-order valence-electron chi connectivity index (χ1n) is 10.6. The lowest BCUT2D eigenvalue weighted by Crippen LogP contribution is -2.45. The molecule has 1 atom stereocenters. The summed E-state index contributed by atoms with van der Waals surface area (Å²) < 4.78 is 5.18. The molecule has 29 heavy (non-hydrogen) atoms. The van der Waals surface area contributed by atoms with Gasteiger partial charge in [0, 0.05) is 31.9 Å². The summed E-state index contributed by atoms with van der Waals surface area (Å²) in [6.07, 6.45) is 1.89. The fourth-order valence-electron chi connectivity index (χ4n) is 3.92. The summed E-state index contributed by atoms with van der Waals surface area (Å²) in [7, 11) is 1.64. The third-order valence-corrected chi connectivity index (χ3v) is 5.64. The van der Waals surface area contributed by atoms with Gasteiger partial charge in [0.25, 0.3) is 0 Å². The molecule has 3 rings (SSSR count). The largest absolute Gasteiger partial charge is 0.497 e. The highest BCUT2D eigenvalue weighted by molar-refractivity contribution is 5.94. The molecule has 5 nitrogen and oxygen atoms in total. The average molecular weight is 396 g/mol. The predicted octanol–water partition coefficient (Wildman–Crippen LogP) is 3.93. The molecule has 1 aliphatic heterocycles. The maximum Gasteiger partial charge on any atom is 0.241 e. The number of benzene rings is 2. The van der Waals surface area contributed by atoms with Gasteiger partial charge in [0.1, 0.15) is 5.75 Å². The Kier molecular flexibility index (Phi) is 7.67. The van der Waals surface area contributed by atoms with E-state index in [4.69, 9.17) is 4.74 Å². The van der Waals surface area contributed by atoms with E-state index in [0.717, 1.165) is 57.0 Å². The van der Waals surface area contributed by atoms with Crippen LogP contribution in [-0.4, -0.2) is 55.0 Å². The van der Waals surface area contributed by atoms with E-state index in [1.165, 1.54) is 11.1 Å². The van der Waals surface area contributed by atoms with Gasteiger partial charge in [-0.2, -0.15) is 0 Å². The van der Waals surface area contributed by atoms with E-state index in [9.17, 15) is 4.79 Å². The van der Waals surface area contributed by atoms with Crippen LogP contribution in [0.15, 0.2) is 48.5 Å². The van der Waals surface area contributed by atoms with Gasteiger partial charge < -0.3 is 10.1 Å². The molecule has 2 aromatic carbocycles. The molecule has 1 fully saturated rings. The Morgan fingerprint density at radius 1 is 1.03 bits per heavy atom. The fourth-order valence-corrected chi connectivity index (χ4v) is 3.92. The monoisotopic (exact) mass is 395 g/mol. The van der Waals surface area contributed by atoms with Crippen molar-refractivity contribution in [2.75, 3.05) is 38.6 Å². The topological polar surface area (TPSA) is 44.8 Å². The number of ether oxygens (including phenoxy) is 1. The molecule has 1 heterocycles. The summed E-state index contributed by atoms with van der Waals surface area (Å²) in [4.78, 5) is 17.8. The van der Waals surface area contributed by atoms with Crippen molar-refractivity contribution >= 4 is 11.6 Å². The fraction of sp³-hybridized carbons (Fsp3) is 0.458.